The molecule has 33 heavy (non-hydrogen) atoms. The summed E-state index contributed by atoms with van der Waals surface area (Å²) in [5, 5.41) is 12.3. The zero-order valence-electron chi connectivity index (χ0n) is 19.2. The summed E-state index contributed by atoms with van der Waals surface area (Å²) >= 11 is 1.60. The zero-order chi connectivity index (χ0) is 22.5. The fraction of sp³-hybridized carbons (Fsp3) is 0.462. The predicted molar refractivity (Wildman–Crippen MR) is 136 cm³/mol. The molecular weight excluding hydrogens is 430 g/mol. The largest absolute Gasteiger partial charge is 0.383 e. The van der Waals surface area contributed by atoms with E-state index in [1.165, 1.54) is 41.0 Å². The van der Waals surface area contributed by atoms with Crippen LogP contribution in [-0.2, 0) is 0 Å². The first-order chi connectivity index (χ1) is 16.0. The van der Waals surface area contributed by atoms with Crippen LogP contribution in [0.15, 0.2) is 52.9 Å². The molecule has 6 nitrogen and oxygen atoms in total. The smallest absolute Gasteiger partial charge is 0.261 e. The van der Waals surface area contributed by atoms with Crippen molar-refractivity contribution in [3.05, 3.63) is 52.7 Å². The van der Waals surface area contributed by atoms with Gasteiger partial charge in [0.15, 0.2) is 0 Å². The molecule has 2 aliphatic carbocycles. The number of thiophene rings is 1. The molecule has 2 aromatic rings. The number of hydrazone groups is 1. The van der Waals surface area contributed by atoms with Gasteiger partial charge in [-0.25, -0.2) is 0 Å². The van der Waals surface area contributed by atoms with Gasteiger partial charge in [0.05, 0.1) is 4.88 Å². The average molecular weight is 462 g/mol. The second-order valence-electron chi connectivity index (χ2n) is 10.1. The average Bonchev–Trinajstić information content (AvgIpc) is 3.45. The highest BCUT2D eigenvalue weighted by molar-refractivity contribution is 7.20. The third-order valence-electron chi connectivity index (χ3n) is 7.38. The first-order valence-electron chi connectivity index (χ1n) is 12.1. The molecule has 1 aromatic heterocycles. The minimum absolute atomic E-state index is 0.0227. The molecular formula is C26H31N5OS. The number of allylic oxidation sites excluding steroid dienone is 4. The molecule has 4 unspecified atom stereocenters. The molecule has 3 aliphatic heterocycles. The Balaban J connectivity index is 1.22. The SMILES string of the molecule is CC(C)NC(=O)c1cc2ccc(N3CC4CCC3C(NC3=CC=C5NN=CC5C3)C4)cc2s1. The summed E-state index contributed by atoms with van der Waals surface area (Å²) in [5.41, 5.74) is 6.91. The molecule has 4 atom stereocenters. The second-order valence-corrected chi connectivity index (χ2v) is 11.2. The monoisotopic (exact) mass is 461 g/mol. The Morgan fingerprint density at radius 1 is 1.24 bits per heavy atom. The van der Waals surface area contributed by atoms with E-state index in [0.717, 1.165) is 29.1 Å². The number of amides is 1. The lowest BCUT2D eigenvalue weighted by atomic mass is 9.76. The van der Waals surface area contributed by atoms with Crippen molar-refractivity contribution in [3.8, 4) is 0 Å². The minimum Gasteiger partial charge on any atom is -0.383 e. The van der Waals surface area contributed by atoms with Crippen LogP contribution in [0.5, 0.6) is 0 Å². The molecule has 5 aliphatic rings. The lowest BCUT2D eigenvalue weighted by Crippen LogP contribution is -2.60. The maximum Gasteiger partial charge on any atom is 0.261 e. The molecule has 0 radical (unpaired) electrons. The number of hydrogen-bond acceptors (Lipinski definition) is 6. The number of fused-ring (bicyclic) bond motifs is 5. The van der Waals surface area contributed by atoms with Gasteiger partial charge in [0, 0.05) is 65.0 Å². The van der Waals surface area contributed by atoms with Gasteiger partial charge in [0.2, 0.25) is 0 Å². The molecule has 1 aromatic carbocycles. The Kier molecular flexibility index (Phi) is 5.17. The molecule has 0 spiro atoms. The molecule has 3 fully saturated rings. The van der Waals surface area contributed by atoms with Crippen LogP contribution in [0.4, 0.5) is 5.69 Å². The van der Waals surface area contributed by atoms with Crippen LogP contribution in [0, 0.1) is 11.8 Å². The summed E-state index contributed by atoms with van der Waals surface area (Å²) in [5.74, 6) is 1.14. The van der Waals surface area contributed by atoms with Gasteiger partial charge in [0.1, 0.15) is 0 Å². The number of anilines is 1. The van der Waals surface area contributed by atoms with E-state index in [4.69, 9.17) is 0 Å². The third kappa shape index (κ3) is 3.92. The number of nitrogens with zero attached hydrogens (tertiary/aromatic N) is 2. The van der Waals surface area contributed by atoms with Crippen LogP contribution < -0.4 is 21.0 Å². The lowest BCUT2D eigenvalue weighted by Gasteiger charge is -2.51. The van der Waals surface area contributed by atoms with Crippen LogP contribution in [-0.4, -0.2) is 36.8 Å². The molecule has 7 heteroatoms. The maximum atomic E-state index is 12.5. The van der Waals surface area contributed by atoms with E-state index >= 15 is 0 Å². The van der Waals surface area contributed by atoms with E-state index in [2.05, 4.69) is 56.4 Å². The van der Waals surface area contributed by atoms with Gasteiger partial charge in [-0.15, -0.1) is 11.3 Å². The Morgan fingerprint density at radius 2 is 2.15 bits per heavy atom. The van der Waals surface area contributed by atoms with Crippen LogP contribution in [0.2, 0.25) is 0 Å². The quantitative estimate of drug-likeness (QED) is 0.619. The number of carbonyl (C=O) groups excluding carboxylic acids is 1. The van der Waals surface area contributed by atoms with Gasteiger partial charge in [0.25, 0.3) is 5.91 Å². The molecule has 7 rings (SSSR count). The van der Waals surface area contributed by atoms with Crippen molar-refractivity contribution in [2.24, 2.45) is 16.9 Å². The van der Waals surface area contributed by atoms with Gasteiger partial charge < -0.3 is 15.5 Å². The summed E-state index contributed by atoms with van der Waals surface area (Å²) in [6.07, 6.45) is 11.2. The van der Waals surface area contributed by atoms with E-state index in [0.29, 0.717) is 18.0 Å². The van der Waals surface area contributed by atoms with E-state index in [1.807, 2.05) is 26.1 Å². The van der Waals surface area contributed by atoms with Crippen LogP contribution in [0.25, 0.3) is 10.1 Å². The second kappa shape index (κ2) is 8.20. The maximum absolute atomic E-state index is 12.5. The van der Waals surface area contributed by atoms with Crippen LogP contribution in [0.1, 0.15) is 49.2 Å². The van der Waals surface area contributed by atoms with Gasteiger partial charge >= 0.3 is 0 Å². The fourth-order valence-electron chi connectivity index (χ4n) is 5.82. The van der Waals surface area contributed by atoms with Crippen molar-refractivity contribution in [1.29, 1.82) is 0 Å². The Hall–Kier alpha value is -2.80. The van der Waals surface area contributed by atoms with Crippen molar-refractivity contribution in [2.45, 2.75) is 57.7 Å². The van der Waals surface area contributed by atoms with Crippen LogP contribution in [0.3, 0.4) is 0 Å². The number of rotatable bonds is 5. The molecule has 3 N–H and O–H groups in total. The Bertz CT molecular complexity index is 1180. The summed E-state index contributed by atoms with van der Waals surface area (Å²) < 4.78 is 1.19. The fourth-order valence-corrected chi connectivity index (χ4v) is 6.82. The first-order valence-corrected chi connectivity index (χ1v) is 12.9. The summed E-state index contributed by atoms with van der Waals surface area (Å²) in [6.45, 7) is 5.12. The van der Waals surface area contributed by atoms with Crippen molar-refractivity contribution < 1.29 is 4.79 Å². The third-order valence-corrected chi connectivity index (χ3v) is 8.48. The van der Waals surface area contributed by atoms with Crippen molar-refractivity contribution in [2.75, 3.05) is 11.4 Å². The van der Waals surface area contributed by atoms with Gasteiger partial charge in [-0.2, -0.15) is 5.10 Å². The number of hydrogen-bond donors (Lipinski definition) is 3. The number of carbonyl (C=O) groups is 1. The highest BCUT2D eigenvalue weighted by Crippen LogP contribution is 2.40. The van der Waals surface area contributed by atoms with E-state index < -0.39 is 0 Å². The molecule has 4 heterocycles. The molecule has 1 amide bonds. The van der Waals surface area contributed by atoms with Crippen molar-refractivity contribution in [1.82, 2.24) is 16.1 Å². The van der Waals surface area contributed by atoms with Gasteiger partial charge in [-0.05, 0) is 74.8 Å². The highest BCUT2D eigenvalue weighted by atomic mass is 32.1. The summed E-state index contributed by atoms with van der Waals surface area (Å²) in [7, 11) is 0. The zero-order valence-corrected chi connectivity index (χ0v) is 20.0. The van der Waals surface area contributed by atoms with Crippen molar-refractivity contribution in [3.63, 3.8) is 0 Å². The first kappa shape index (κ1) is 20.8. The summed E-state index contributed by atoms with van der Waals surface area (Å²) in [6, 6.07) is 9.85. The standard InChI is InChI=1S/C26H31N5OS/c1-15(2)28-26(32)25-11-17-4-6-20(12-24(17)33-25)31-14-16-3-8-23(31)22(9-16)29-19-5-7-21-18(10-19)13-27-30-21/h4-7,11-13,15-16,18,22-23,29-30H,3,8-10,14H2,1-2H3,(H,28,32). The highest BCUT2D eigenvalue weighted by Gasteiger charge is 2.41. The number of piperidine rings is 2. The van der Waals surface area contributed by atoms with Crippen molar-refractivity contribution >= 4 is 39.2 Å². The molecule has 2 saturated heterocycles. The molecule has 2 bridgehead atoms. The Labute approximate surface area is 198 Å². The molecule has 172 valence electrons. The van der Waals surface area contributed by atoms with Crippen LogP contribution >= 0.6 is 11.3 Å². The minimum atomic E-state index is 0.0227. The number of nitrogens with one attached hydrogen (secondary N) is 3. The summed E-state index contributed by atoms with van der Waals surface area (Å²) in [4.78, 5) is 15.9. The normalized spacial score (nSPS) is 27.9. The van der Waals surface area contributed by atoms with E-state index in [9.17, 15) is 4.79 Å². The van der Waals surface area contributed by atoms with Gasteiger partial charge in [-0.3, -0.25) is 10.2 Å². The van der Waals surface area contributed by atoms with Gasteiger partial charge in [-0.1, -0.05) is 6.07 Å². The molecule has 1 saturated carbocycles. The number of benzene rings is 1. The van der Waals surface area contributed by atoms with E-state index in [1.54, 1.807) is 11.3 Å². The predicted octanol–water partition coefficient (Wildman–Crippen LogP) is 4.36. The lowest BCUT2D eigenvalue weighted by molar-refractivity contribution is 0.0947. The Morgan fingerprint density at radius 3 is 3.00 bits per heavy atom. The topological polar surface area (TPSA) is 68.8 Å². The van der Waals surface area contributed by atoms with E-state index in [-0.39, 0.29) is 11.9 Å².